The molecular formula is C25H20ClFN2O. The summed E-state index contributed by atoms with van der Waals surface area (Å²) in [6.45, 7) is 0. The molecule has 0 spiro atoms. The molecule has 3 aromatic rings. The summed E-state index contributed by atoms with van der Waals surface area (Å²) in [5, 5.41) is 12.3. The molecule has 3 aromatic carbocycles. The summed E-state index contributed by atoms with van der Waals surface area (Å²) in [5.74, 6) is -1.33. The molecule has 0 heterocycles. The summed E-state index contributed by atoms with van der Waals surface area (Å²) in [6, 6.07) is 25.3. The zero-order valence-corrected chi connectivity index (χ0v) is 16.9. The Labute approximate surface area is 180 Å². The number of hydrogen-bond donors (Lipinski definition) is 1. The number of alkyl halides is 1. The second-order valence-electron chi connectivity index (χ2n) is 7.66. The number of nitrogens with one attached hydrogen (secondary N) is 1. The molecule has 0 aromatic heterocycles. The lowest BCUT2D eigenvalue weighted by Crippen LogP contribution is -2.41. The molecular weight excluding hydrogens is 399 g/mol. The zero-order chi connectivity index (χ0) is 21.1. The molecule has 5 heteroatoms. The Hall–Kier alpha value is -3.16. The van der Waals surface area contributed by atoms with Crippen molar-refractivity contribution in [3.8, 4) is 6.07 Å². The Bertz CT molecular complexity index is 1080. The van der Waals surface area contributed by atoms with E-state index < -0.39 is 17.5 Å². The average Bonchev–Trinajstić information content (AvgIpc) is 3.15. The van der Waals surface area contributed by atoms with Crippen LogP contribution in [0.25, 0.3) is 0 Å². The first-order valence-corrected chi connectivity index (χ1v) is 10.2. The summed E-state index contributed by atoms with van der Waals surface area (Å²) >= 11 is 5.91. The average molecular weight is 419 g/mol. The van der Waals surface area contributed by atoms with Gasteiger partial charge in [-0.25, -0.2) is 4.39 Å². The third-order valence-corrected chi connectivity index (χ3v) is 6.06. The van der Waals surface area contributed by atoms with Crippen LogP contribution in [0.5, 0.6) is 0 Å². The number of anilines is 1. The van der Waals surface area contributed by atoms with Gasteiger partial charge >= 0.3 is 0 Å². The predicted octanol–water partition coefficient (Wildman–Crippen LogP) is 6.22. The van der Waals surface area contributed by atoms with E-state index in [2.05, 4.69) is 11.4 Å². The van der Waals surface area contributed by atoms with E-state index in [-0.39, 0.29) is 12.3 Å². The highest BCUT2D eigenvalue weighted by atomic mass is 35.5. The second kappa shape index (κ2) is 8.30. The number of amides is 1. The molecule has 0 unspecified atom stereocenters. The summed E-state index contributed by atoms with van der Waals surface area (Å²) in [4.78, 5) is 13.1. The number of rotatable bonds is 4. The molecule has 0 saturated heterocycles. The Morgan fingerprint density at radius 2 is 1.67 bits per heavy atom. The largest absolute Gasteiger partial charge is 0.323 e. The molecule has 1 amide bonds. The molecule has 30 heavy (non-hydrogen) atoms. The molecule has 3 nitrogen and oxygen atoms in total. The molecule has 0 bridgehead atoms. The molecule has 1 aliphatic carbocycles. The van der Waals surface area contributed by atoms with Crippen molar-refractivity contribution in [2.45, 2.75) is 30.3 Å². The molecule has 1 fully saturated rings. The van der Waals surface area contributed by atoms with Crippen LogP contribution in [0.15, 0.2) is 78.9 Å². The van der Waals surface area contributed by atoms with Crippen LogP contribution in [-0.2, 0) is 4.79 Å². The first-order chi connectivity index (χ1) is 14.5. The first-order valence-electron chi connectivity index (χ1n) is 9.80. The number of carbonyl (C=O) groups excluding carboxylic acids is 1. The molecule has 1 aliphatic rings. The Morgan fingerprint density at radius 3 is 2.30 bits per heavy atom. The van der Waals surface area contributed by atoms with E-state index in [1.165, 1.54) is 0 Å². The first kappa shape index (κ1) is 20.1. The number of nitriles is 1. The lowest BCUT2D eigenvalue weighted by molar-refractivity contribution is -0.128. The van der Waals surface area contributed by atoms with Crippen LogP contribution in [0.2, 0.25) is 5.02 Å². The number of hydrogen-bond acceptors (Lipinski definition) is 2. The third kappa shape index (κ3) is 3.94. The lowest BCUT2D eigenvalue weighted by Gasteiger charge is -2.26. The standard InChI is InChI=1S/C25H20ClFN2O/c26-21-10-12-22(13-11-21)29-24(30)25(27)15-20(18-8-6-17(16-28)7-9-18)14-23(25)19-4-2-1-3-5-19/h1-13,20,23H,14-15H2,(H,29,30)/t20-,23+,25-/m1/s1. The van der Waals surface area contributed by atoms with Crippen molar-refractivity contribution in [1.29, 1.82) is 5.26 Å². The van der Waals surface area contributed by atoms with E-state index in [0.717, 1.165) is 11.1 Å². The van der Waals surface area contributed by atoms with Crippen molar-refractivity contribution in [3.05, 3.63) is 101 Å². The van der Waals surface area contributed by atoms with Gasteiger partial charge in [-0.2, -0.15) is 5.26 Å². The molecule has 3 atom stereocenters. The van der Waals surface area contributed by atoms with Crippen molar-refractivity contribution in [1.82, 2.24) is 0 Å². The fraction of sp³-hybridized carbons (Fsp3) is 0.200. The maximum absolute atomic E-state index is 16.4. The fourth-order valence-corrected chi connectivity index (χ4v) is 4.37. The fourth-order valence-electron chi connectivity index (χ4n) is 4.24. The van der Waals surface area contributed by atoms with Gasteiger partial charge in [-0.3, -0.25) is 4.79 Å². The van der Waals surface area contributed by atoms with Gasteiger partial charge in [0.25, 0.3) is 5.91 Å². The van der Waals surface area contributed by atoms with Crippen molar-refractivity contribution < 1.29 is 9.18 Å². The Balaban J connectivity index is 1.65. The van der Waals surface area contributed by atoms with Gasteiger partial charge in [0.15, 0.2) is 5.67 Å². The normalized spacial score (nSPS) is 23.0. The van der Waals surface area contributed by atoms with Crippen LogP contribution in [0.1, 0.15) is 41.4 Å². The van der Waals surface area contributed by atoms with Crippen LogP contribution in [-0.4, -0.2) is 11.6 Å². The number of halogens is 2. The van der Waals surface area contributed by atoms with Crippen molar-refractivity contribution in [2.24, 2.45) is 0 Å². The van der Waals surface area contributed by atoms with E-state index in [0.29, 0.717) is 22.7 Å². The van der Waals surface area contributed by atoms with Gasteiger partial charge < -0.3 is 5.32 Å². The molecule has 1 saturated carbocycles. The Morgan fingerprint density at radius 1 is 1.00 bits per heavy atom. The zero-order valence-electron chi connectivity index (χ0n) is 16.2. The van der Waals surface area contributed by atoms with Crippen LogP contribution in [0.4, 0.5) is 10.1 Å². The number of benzene rings is 3. The second-order valence-corrected chi connectivity index (χ2v) is 8.09. The molecule has 0 aliphatic heterocycles. The van der Waals surface area contributed by atoms with Gasteiger partial charge in [-0.05, 0) is 66.3 Å². The predicted molar refractivity (Wildman–Crippen MR) is 116 cm³/mol. The van der Waals surface area contributed by atoms with E-state index in [4.69, 9.17) is 16.9 Å². The van der Waals surface area contributed by atoms with E-state index in [1.807, 2.05) is 42.5 Å². The topological polar surface area (TPSA) is 52.9 Å². The van der Waals surface area contributed by atoms with E-state index in [9.17, 15) is 4.79 Å². The minimum atomic E-state index is -2.06. The van der Waals surface area contributed by atoms with Gasteiger partial charge in [-0.15, -0.1) is 0 Å². The minimum absolute atomic E-state index is 0.0812. The van der Waals surface area contributed by atoms with E-state index in [1.54, 1.807) is 36.4 Å². The van der Waals surface area contributed by atoms with Crippen LogP contribution < -0.4 is 5.32 Å². The van der Waals surface area contributed by atoms with Gasteiger partial charge in [0.2, 0.25) is 0 Å². The lowest BCUT2D eigenvalue weighted by atomic mass is 9.85. The Kier molecular flexibility index (Phi) is 5.57. The molecule has 1 N–H and O–H groups in total. The highest BCUT2D eigenvalue weighted by Gasteiger charge is 2.54. The molecule has 150 valence electrons. The third-order valence-electron chi connectivity index (χ3n) is 5.81. The van der Waals surface area contributed by atoms with Crippen molar-refractivity contribution in [3.63, 3.8) is 0 Å². The smallest absolute Gasteiger partial charge is 0.262 e. The number of carbonyl (C=O) groups is 1. The van der Waals surface area contributed by atoms with Gasteiger partial charge in [0.1, 0.15) is 0 Å². The van der Waals surface area contributed by atoms with Gasteiger partial charge in [0.05, 0.1) is 11.6 Å². The van der Waals surface area contributed by atoms with Gasteiger partial charge in [0, 0.05) is 16.6 Å². The molecule has 4 rings (SSSR count). The van der Waals surface area contributed by atoms with Crippen LogP contribution >= 0.6 is 11.6 Å². The highest BCUT2D eigenvalue weighted by molar-refractivity contribution is 6.30. The SMILES string of the molecule is N#Cc1ccc([C@@H]2C[C@@H](c3ccccc3)[C@@](F)(C(=O)Nc3ccc(Cl)cc3)C2)cc1. The summed E-state index contributed by atoms with van der Waals surface area (Å²) in [7, 11) is 0. The quantitative estimate of drug-likeness (QED) is 0.546. The van der Waals surface area contributed by atoms with Crippen LogP contribution in [0.3, 0.4) is 0 Å². The van der Waals surface area contributed by atoms with Crippen molar-refractivity contribution in [2.75, 3.05) is 5.32 Å². The summed E-state index contributed by atoms with van der Waals surface area (Å²) in [5.41, 5.74) is 0.758. The number of nitrogens with zero attached hydrogens (tertiary/aromatic N) is 1. The minimum Gasteiger partial charge on any atom is -0.323 e. The summed E-state index contributed by atoms with van der Waals surface area (Å²) in [6.07, 6.45) is 0.596. The maximum atomic E-state index is 16.4. The molecule has 0 radical (unpaired) electrons. The highest BCUT2D eigenvalue weighted by Crippen LogP contribution is 2.52. The van der Waals surface area contributed by atoms with Gasteiger partial charge in [-0.1, -0.05) is 54.1 Å². The summed E-state index contributed by atoms with van der Waals surface area (Å²) < 4.78 is 16.4. The maximum Gasteiger partial charge on any atom is 0.262 e. The van der Waals surface area contributed by atoms with E-state index >= 15 is 4.39 Å². The van der Waals surface area contributed by atoms with Crippen molar-refractivity contribution >= 4 is 23.2 Å². The van der Waals surface area contributed by atoms with Crippen LogP contribution in [0, 0.1) is 11.3 Å². The monoisotopic (exact) mass is 418 g/mol.